The van der Waals surface area contributed by atoms with E-state index in [1.54, 1.807) is 0 Å². The number of nitrogens with zero attached hydrogens (tertiary/aromatic N) is 1. The first-order valence-corrected chi connectivity index (χ1v) is 8.80. The first-order valence-electron chi connectivity index (χ1n) is 6.27. The van der Waals surface area contributed by atoms with Gasteiger partial charge in [0.2, 0.25) is 0 Å². The molecule has 1 aromatic heterocycles. The van der Waals surface area contributed by atoms with Crippen molar-refractivity contribution in [2.24, 2.45) is 0 Å². The third-order valence-corrected chi connectivity index (χ3v) is 5.74. The lowest BCUT2D eigenvalue weighted by Crippen LogP contribution is -2.32. The number of aryl methyl sites for hydroxylation is 1. The normalized spacial score (nSPS) is 21.1. The maximum absolute atomic E-state index is 12.0. The summed E-state index contributed by atoms with van der Waals surface area (Å²) in [6.45, 7) is 2.44. The molecule has 0 aliphatic carbocycles. The molecule has 0 radical (unpaired) electrons. The van der Waals surface area contributed by atoms with Gasteiger partial charge in [0, 0.05) is 18.2 Å². The van der Waals surface area contributed by atoms with Crippen LogP contribution in [-0.2, 0) is 16.4 Å². The first-order chi connectivity index (χ1) is 8.62. The van der Waals surface area contributed by atoms with E-state index < -0.39 is 10.0 Å². The van der Waals surface area contributed by atoms with Crippen LogP contribution in [0.25, 0.3) is 0 Å². The van der Waals surface area contributed by atoms with Gasteiger partial charge in [0.25, 0.3) is 10.0 Å². The smallest absolute Gasteiger partial charge is 0.257 e. The Balaban J connectivity index is 1.94. The molecule has 0 aromatic carbocycles. The molecule has 1 fully saturated rings. The van der Waals surface area contributed by atoms with E-state index in [1.807, 2.05) is 18.7 Å². The van der Waals surface area contributed by atoms with Crippen molar-refractivity contribution in [2.45, 2.75) is 42.9 Å². The summed E-state index contributed by atoms with van der Waals surface area (Å²) in [4.78, 5) is 6.84. The molecule has 1 aliphatic heterocycles. The minimum Gasteiger partial charge on any atom is -0.332 e. The van der Waals surface area contributed by atoms with Gasteiger partial charge in [-0.05, 0) is 18.6 Å². The molecule has 1 aromatic rings. The highest BCUT2D eigenvalue weighted by Gasteiger charge is 2.20. The van der Waals surface area contributed by atoms with E-state index >= 15 is 0 Å². The Kier molecular flexibility index (Phi) is 4.69. The van der Waals surface area contributed by atoms with Gasteiger partial charge < -0.3 is 4.98 Å². The van der Waals surface area contributed by atoms with Crippen molar-refractivity contribution in [1.82, 2.24) is 14.7 Å². The van der Waals surface area contributed by atoms with Crippen LogP contribution in [0.2, 0.25) is 0 Å². The topological polar surface area (TPSA) is 74.8 Å². The molecule has 0 spiro atoms. The van der Waals surface area contributed by atoms with Crippen molar-refractivity contribution in [3.63, 3.8) is 0 Å². The van der Waals surface area contributed by atoms with E-state index in [2.05, 4.69) is 14.7 Å². The number of thioether (sulfide) groups is 1. The Bertz CT molecular complexity index is 478. The fourth-order valence-corrected chi connectivity index (χ4v) is 4.27. The molecule has 1 aliphatic rings. The molecule has 0 amide bonds. The third-order valence-electron chi connectivity index (χ3n) is 3.00. The van der Waals surface area contributed by atoms with E-state index in [4.69, 9.17) is 0 Å². The lowest BCUT2D eigenvalue weighted by Gasteiger charge is -2.21. The van der Waals surface area contributed by atoms with E-state index in [0.29, 0.717) is 24.0 Å². The lowest BCUT2D eigenvalue weighted by molar-refractivity contribution is 0.570. The summed E-state index contributed by atoms with van der Waals surface area (Å²) in [5.41, 5.74) is 0. The number of imidazole rings is 1. The molecule has 1 unspecified atom stereocenters. The highest BCUT2D eigenvalue weighted by Crippen LogP contribution is 2.24. The van der Waals surface area contributed by atoms with E-state index in [1.165, 1.54) is 19.0 Å². The van der Waals surface area contributed by atoms with Crippen LogP contribution < -0.4 is 4.72 Å². The molecule has 2 rings (SSSR count). The number of sulfonamides is 1. The SMILES string of the molecule is CCc1ncc(S(=O)(=O)NCC2CCCCS2)[nH]1. The molecule has 2 N–H and O–H groups in total. The Morgan fingerprint density at radius 1 is 1.56 bits per heavy atom. The number of aromatic amines is 1. The second kappa shape index (κ2) is 6.08. The summed E-state index contributed by atoms with van der Waals surface area (Å²) in [5, 5.41) is 0.572. The maximum atomic E-state index is 12.0. The predicted octanol–water partition coefficient (Wildman–Crippen LogP) is 1.54. The van der Waals surface area contributed by atoms with Crippen molar-refractivity contribution in [2.75, 3.05) is 12.3 Å². The van der Waals surface area contributed by atoms with Gasteiger partial charge in [-0.15, -0.1) is 0 Å². The van der Waals surface area contributed by atoms with Gasteiger partial charge in [-0.1, -0.05) is 13.3 Å². The van der Waals surface area contributed by atoms with Crippen LogP contribution in [0.4, 0.5) is 0 Å². The molecule has 18 heavy (non-hydrogen) atoms. The van der Waals surface area contributed by atoms with Crippen LogP contribution in [0.3, 0.4) is 0 Å². The van der Waals surface area contributed by atoms with E-state index in [9.17, 15) is 8.42 Å². The van der Waals surface area contributed by atoms with Gasteiger partial charge in [0.1, 0.15) is 5.82 Å². The van der Waals surface area contributed by atoms with Crippen molar-refractivity contribution < 1.29 is 8.42 Å². The van der Waals surface area contributed by atoms with Crippen molar-refractivity contribution in [1.29, 1.82) is 0 Å². The molecule has 1 atom stereocenters. The van der Waals surface area contributed by atoms with Gasteiger partial charge in [-0.2, -0.15) is 11.8 Å². The van der Waals surface area contributed by atoms with Crippen molar-refractivity contribution in [3.05, 3.63) is 12.0 Å². The quantitative estimate of drug-likeness (QED) is 0.862. The van der Waals surface area contributed by atoms with Gasteiger partial charge in [0.15, 0.2) is 5.03 Å². The zero-order valence-electron chi connectivity index (χ0n) is 10.5. The molecule has 7 heteroatoms. The zero-order chi connectivity index (χ0) is 13.0. The minimum absolute atomic E-state index is 0.167. The summed E-state index contributed by atoms with van der Waals surface area (Å²) < 4.78 is 26.7. The second-order valence-electron chi connectivity index (χ2n) is 4.39. The Hall–Kier alpha value is -0.530. The van der Waals surface area contributed by atoms with Crippen LogP contribution in [-0.4, -0.2) is 35.9 Å². The van der Waals surface area contributed by atoms with Gasteiger partial charge in [0.05, 0.1) is 6.20 Å². The number of hydrogen-bond donors (Lipinski definition) is 2. The maximum Gasteiger partial charge on any atom is 0.257 e. The molecule has 102 valence electrons. The van der Waals surface area contributed by atoms with Crippen LogP contribution in [0.5, 0.6) is 0 Å². The largest absolute Gasteiger partial charge is 0.332 e. The average Bonchev–Trinajstić information content (AvgIpc) is 2.87. The predicted molar refractivity (Wildman–Crippen MR) is 73.3 cm³/mol. The summed E-state index contributed by atoms with van der Waals surface area (Å²) in [6.07, 6.45) is 5.62. The lowest BCUT2D eigenvalue weighted by atomic mass is 10.2. The molecule has 0 bridgehead atoms. The Labute approximate surface area is 112 Å². The van der Waals surface area contributed by atoms with Crippen LogP contribution >= 0.6 is 11.8 Å². The first kappa shape index (κ1) is 13.9. The monoisotopic (exact) mass is 289 g/mol. The fourth-order valence-electron chi connectivity index (χ4n) is 1.91. The van der Waals surface area contributed by atoms with Gasteiger partial charge in [-0.25, -0.2) is 18.1 Å². The van der Waals surface area contributed by atoms with Crippen LogP contribution in [0.15, 0.2) is 11.2 Å². The van der Waals surface area contributed by atoms with Crippen molar-refractivity contribution >= 4 is 21.8 Å². The molecule has 1 saturated heterocycles. The van der Waals surface area contributed by atoms with Crippen LogP contribution in [0.1, 0.15) is 32.0 Å². The number of nitrogens with one attached hydrogen (secondary N) is 2. The van der Waals surface area contributed by atoms with Gasteiger partial charge in [-0.3, -0.25) is 0 Å². The number of rotatable bonds is 5. The summed E-state index contributed by atoms with van der Waals surface area (Å²) in [7, 11) is -3.43. The summed E-state index contributed by atoms with van der Waals surface area (Å²) in [6, 6.07) is 0. The summed E-state index contributed by atoms with van der Waals surface area (Å²) in [5.74, 6) is 1.83. The third kappa shape index (κ3) is 3.49. The summed E-state index contributed by atoms with van der Waals surface area (Å²) >= 11 is 1.86. The van der Waals surface area contributed by atoms with Gasteiger partial charge >= 0.3 is 0 Å². The molecule has 2 heterocycles. The zero-order valence-corrected chi connectivity index (χ0v) is 12.1. The number of H-pyrrole nitrogens is 1. The standard InChI is InChI=1S/C11H19N3O2S2/c1-2-10-12-8-11(14-10)18(15,16)13-7-9-5-3-4-6-17-9/h8-9,13H,2-7H2,1H3,(H,12,14). The number of hydrogen-bond acceptors (Lipinski definition) is 4. The highest BCUT2D eigenvalue weighted by atomic mass is 32.2. The molecule has 0 saturated carbocycles. The number of aromatic nitrogens is 2. The fraction of sp³-hybridized carbons (Fsp3) is 0.727. The Morgan fingerprint density at radius 2 is 2.39 bits per heavy atom. The average molecular weight is 289 g/mol. The molecule has 5 nitrogen and oxygen atoms in total. The highest BCUT2D eigenvalue weighted by molar-refractivity contribution is 8.00. The molecular weight excluding hydrogens is 270 g/mol. The Morgan fingerprint density at radius 3 is 3.00 bits per heavy atom. The van der Waals surface area contributed by atoms with E-state index in [-0.39, 0.29) is 5.03 Å². The molecular formula is C11H19N3O2S2. The minimum atomic E-state index is -3.43. The van der Waals surface area contributed by atoms with Crippen LogP contribution in [0, 0.1) is 0 Å². The van der Waals surface area contributed by atoms with E-state index in [0.717, 1.165) is 12.2 Å². The second-order valence-corrected chi connectivity index (χ2v) is 7.53. The van der Waals surface area contributed by atoms with Crippen molar-refractivity contribution in [3.8, 4) is 0 Å².